The number of halogens is 1. The van der Waals surface area contributed by atoms with Crippen molar-refractivity contribution in [2.24, 2.45) is 0 Å². The van der Waals surface area contributed by atoms with E-state index in [2.05, 4.69) is 15.9 Å². The summed E-state index contributed by atoms with van der Waals surface area (Å²) in [7, 11) is 1.34. The number of hydrogen-bond acceptors (Lipinski definition) is 3. The second kappa shape index (κ2) is 5.14. The highest BCUT2D eigenvalue weighted by atomic mass is 79.9. The van der Waals surface area contributed by atoms with E-state index in [1.165, 1.54) is 19.2 Å². The molecule has 1 atom stereocenters. The van der Waals surface area contributed by atoms with Crippen LogP contribution in [0.4, 0.5) is 0 Å². The molecule has 0 heterocycles. The van der Waals surface area contributed by atoms with Crippen molar-refractivity contribution in [1.82, 2.24) is 0 Å². The summed E-state index contributed by atoms with van der Waals surface area (Å²) >= 11 is 3.28. The van der Waals surface area contributed by atoms with Gasteiger partial charge < -0.3 is 14.9 Å². The number of rotatable bonds is 4. The Morgan fingerprint density at radius 2 is 2.27 bits per heavy atom. The molecule has 4 nitrogen and oxygen atoms in total. The highest BCUT2D eigenvalue weighted by Crippen LogP contribution is 2.23. The van der Waals surface area contributed by atoms with Crippen LogP contribution in [0.2, 0.25) is 0 Å². The number of benzene rings is 1. The Labute approximate surface area is 95.6 Å². The van der Waals surface area contributed by atoms with Gasteiger partial charge in [0.15, 0.2) is 6.10 Å². The van der Waals surface area contributed by atoms with E-state index in [1.54, 1.807) is 6.07 Å². The standard InChI is InChI=1S/C10H11BrO4/c1-15-9(10(13)14)5-6-4-7(12)2-3-8(6)11/h2-4,9,12H,5H2,1H3,(H,13,14). The number of phenols is 1. The van der Waals surface area contributed by atoms with Crippen LogP contribution in [0.25, 0.3) is 0 Å². The van der Waals surface area contributed by atoms with Gasteiger partial charge >= 0.3 is 5.97 Å². The minimum atomic E-state index is -1.02. The normalized spacial score (nSPS) is 12.4. The first-order valence-electron chi connectivity index (χ1n) is 4.27. The third kappa shape index (κ3) is 3.21. The fourth-order valence-electron chi connectivity index (χ4n) is 1.19. The van der Waals surface area contributed by atoms with Crippen molar-refractivity contribution in [3.8, 4) is 5.75 Å². The second-order valence-corrected chi connectivity index (χ2v) is 3.90. The summed E-state index contributed by atoms with van der Waals surface area (Å²) < 4.78 is 5.56. The minimum Gasteiger partial charge on any atom is -0.508 e. The van der Waals surface area contributed by atoms with Gasteiger partial charge in [-0.15, -0.1) is 0 Å². The van der Waals surface area contributed by atoms with Crippen LogP contribution in [0.5, 0.6) is 5.75 Å². The number of ether oxygens (including phenoxy) is 1. The third-order valence-corrected chi connectivity index (χ3v) is 2.77. The summed E-state index contributed by atoms with van der Waals surface area (Å²) in [5.74, 6) is -0.916. The van der Waals surface area contributed by atoms with Crippen LogP contribution in [-0.2, 0) is 16.0 Å². The molecule has 0 aromatic heterocycles. The maximum atomic E-state index is 10.7. The summed E-state index contributed by atoms with van der Waals surface area (Å²) in [5, 5.41) is 18.0. The Balaban J connectivity index is 2.87. The molecule has 82 valence electrons. The molecule has 0 fully saturated rings. The van der Waals surface area contributed by atoms with Crippen molar-refractivity contribution in [1.29, 1.82) is 0 Å². The number of phenolic OH excluding ortho intramolecular Hbond substituents is 1. The maximum Gasteiger partial charge on any atom is 0.333 e. The van der Waals surface area contributed by atoms with Gasteiger partial charge in [0, 0.05) is 18.0 Å². The van der Waals surface area contributed by atoms with Crippen LogP contribution in [0.3, 0.4) is 0 Å². The average molecular weight is 275 g/mol. The zero-order valence-electron chi connectivity index (χ0n) is 8.11. The van der Waals surface area contributed by atoms with Gasteiger partial charge in [0.25, 0.3) is 0 Å². The molecule has 1 aromatic carbocycles. The van der Waals surface area contributed by atoms with Crippen molar-refractivity contribution >= 4 is 21.9 Å². The zero-order valence-corrected chi connectivity index (χ0v) is 9.69. The lowest BCUT2D eigenvalue weighted by Gasteiger charge is -2.11. The van der Waals surface area contributed by atoms with Gasteiger partial charge in [0.1, 0.15) is 5.75 Å². The molecule has 2 N–H and O–H groups in total. The lowest BCUT2D eigenvalue weighted by atomic mass is 10.1. The van der Waals surface area contributed by atoms with E-state index in [1.807, 2.05) is 0 Å². The molecule has 1 rings (SSSR count). The van der Waals surface area contributed by atoms with Gasteiger partial charge in [-0.3, -0.25) is 0 Å². The molecule has 0 saturated carbocycles. The van der Waals surface area contributed by atoms with E-state index in [0.29, 0.717) is 5.56 Å². The second-order valence-electron chi connectivity index (χ2n) is 3.04. The molecule has 5 heteroatoms. The number of carboxylic acids is 1. The first-order valence-corrected chi connectivity index (χ1v) is 5.07. The van der Waals surface area contributed by atoms with Crippen LogP contribution >= 0.6 is 15.9 Å². The van der Waals surface area contributed by atoms with Crippen LogP contribution in [0.1, 0.15) is 5.56 Å². The highest BCUT2D eigenvalue weighted by Gasteiger charge is 2.18. The number of aromatic hydroxyl groups is 1. The molecule has 0 aliphatic carbocycles. The molecule has 1 aromatic rings. The fourth-order valence-corrected chi connectivity index (χ4v) is 1.60. The Morgan fingerprint density at radius 1 is 1.60 bits per heavy atom. The largest absolute Gasteiger partial charge is 0.508 e. The Bertz CT molecular complexity index is 364. The Hall–Kier alpha value is -1.07. The van der Waals surface area contributed by atoms with Crippen molar-refractivity contribution < 1.29 is 19.7 Å². The maximum absolute atomic E-state index is 10.7. The molecule has 0 spiro atoms. The zero-order chi connectivity index (χ0) is 11.4. The quantitative estimate of drug-likeness (QED) is 0.879. The number of aliphatic carboxylic acids is 1. The predicted octanol–water partition coefficient (Wildman–Crippen LogP) is 1.80. The summed E-state index contributed by atoms with van der Waals surface area (Å²) in [6.07, 6.45) is -0.691. The van der Waals surface area contributed by atoms with E-state index in [0.717, 1.165) is 4.47 Å². The SMILES string of the molecule is COC(Cc1cc(O)ccc1Br)C(=O)O. The summed E-state index contributed by atoms with van der Waals surface area (Å²) in [4.78, 5) is 10.7. The summed E-state index contributed by atoms with van der Waals surface area (Å²) in [5.41, 5.74) is 0.698. The predicted molar refractivity (Wildman–Crippen MR) is 57.9 cm³/mol. The molecule has 0 amide bonds. The monoisotopic (exact) mass is 274 g/mol. The van der Waals surface area contributed by atoms with Gasteiger partial charge in [0.05, 0.1) is 0 Å². The van der Waals surface area contributed by atoms with Crippen molar-refractivity contribution in [3.63, 3.8) is 0 Å². The molecular formula is C10H11BrO4. The summed E-state index contributed by atoms with van der Waals surface area (Å²) in [6.45, 7) is 0. The Morgan fingerprint density at radius 3 is 2.80 bits per heavy atom. The van der Waals surface area contributed by atoms with Gasteiger partial charge in [0.2, 0.25) is 0 Å². The lowest BCUT2D eigenvalue weighted by molar-refractivity contribution is -0.148. The van der Waals surface area contributed by atoms with E-state index >= 15 is 0 Å². The van der Waals surface area contributed by atoms with Gasteiger partial charge in [-0.05, 0) is 23.8 Å². The summed E-state index contributed by atoms with van der Waals surface area (Å²) in [6, 6.07) is 4.70. The number of methoxy groups -OCH3 is 1. The van der Waals surface area contributed by atoms with E-state index in [-0.39, 0.29) is 12.2 Å². The van der Waals surface area contributed by atoms with E-state index in [9.17, 15) is 9.90 Å². The van der Waals surface area contributed by atoms with Gasteiger partial charge in [-0.2, -0.15) is 0 Å². The Kier molecular flexibility index (Phi) is 4.11. The molecule has 0 aliphatic rings. The lowest BCUT2D eigenvalue weighted by Crippen LogP contribution is -2.24. The number of hydrogen-bond donors (Lipinski definition) is 2. The van der Waals surface area contributed by atoms with Gasteiger partial charge in [-0.25, -0.2) is 4.79 Å². The van der Waals surface area contributed by atoms with Crippen LogP contribution < -0.4 is 0 Å². The molecule has 0 radical (unpaired) electrons. The number of carboxylic acid groups (broad SMARTS) is 1. The molecule has 15 heavy (non-hydrogen) atoms. The molecule has 1 unspecified atom stereocenters. The molecule has 0 aliphatic heterocycles. The molecule has 0 bridgehead atoms. The van der Waals surface area contributed by atoms with Crippen LogP contribution in [0, 0.1) is 0 Å². The first kappa shape index (κ1) is 12.0. The first-order chi connectivity index (χ1) is 7.04. The van der Waals surface area contributed by atoms with Crippen molar-refractivity contribution in [3.05, 3.63) is 28.2 Å². The topological polar surface area (TPSA) is 66.8 Å². The van der Waals surface area contributed by atoms with Crippen molar-refractivity contribution in [2.45, 2.75) is 12.5 Å². The third-order valence-electron chi connectivity index (χ3n) is 1.99. The van der Waals surface area contributed by atoms with Crippen LogP contribution in [-0.4, -0.2) is 29.4 Å². The van der Waals surface area contributed by atoms with Gasteiger partial charge in [-0.1, -0.05) is 15.9 Å². The molecule has 0 saturated heterocycles. The minimum absolute atomic E-state index is 0.105. The fraction of sp³-hybridized carbons (Fsp3) is 0.300. The molecular weight excluding hydrogens is 264 g/mol. The van der Waals surface area contributed by atoms with Crippen molar-refractivity contribution in [2.75, 3.05) is 7.11 Å². The smallest absolute Gasteiger partial charge is 0.333 e. The average Bonchev–Trinajstić information content (AvgIpc) is 2.18. The number of carbonyl (C=O) groups is 1. The highest BCUT2D eigenvalue weighted by molar-refractivity contribution is 9.10. The van der Waals surface area contributed by atoms with Crippen LogP contribution in [0.15, 0.2) is 22.7 Å². The van der Waals surface area contributed by atoms with E-state index < -0.39 is 12.1 Å². The van der Waals surface area contributed by atoms with E-state index in [4.69, 9.17) is 9.84 Å².